The van der Waals surface area contributed by atoms with Crippen LogP contribution in [-0.2, 0) is 0 Å². The highest BCUT2D eigenvalue weighted by atomic mass is 16.3. The van der Waals surface area contributed by atoms with Crippen LogP contribution in [0.5, 0.6) is 0 Å². The van der Waals surface area contributed by atoms with E-state index in [9.17, 15) is 0 Å². The molecule has 1 rings (SSSR count). The first-order chi connectivity index (χ1) is 6.19. The molecule has 78 valence electrons. The smallest absolute Gasteiger partial charge is 0.0609 e. The Kier molecular flexibility index (Phi) is 4.12. The van der Waals surface area contributed by atoms with Crippen LogP contribution >= 0.6 is 0 Å². The van der Waals surface area contributed by atoms with Gasteiger partial charge in [0.25, 0.3) is 0 Å². The Bertz CT molecular complexity index is 151. The van der Waals surface area contributed by atoms with E-state index in [0.29, 0.717) is 6.04 Å². The maximum atomic E-state index is 9.01. The normalized spacial score (nSPS) is 24.9. The van der Waals surface area contributed by atoms with Gasteiger partial charge in [-0.15, -0.1) is 0 Å². The second-order valence-electron chi connectivity index (χ2n) is 3.89. The Morgan fingerprint density at radius 3 is 2.46 bits per heavy atom. The number of rotatable bonds is 4. The van der Waals surface area contributed by atoms with Crippen molar-refractivity contribution in [1.82, 2.24) is 9.80 Å². The lowest BCUT2D eigenvalue weighted by Crippen LogP contribution is -2.45. The predicted molar refractivity (Wildman–Crippen MR) is 51.6 cm³/mol. The van der Waals surface area contributed by atoms with Gasteiger partial charge in [0.2, 0.25) is 0 Å². The lowest BCUT2D eigenvalue weighted by atomic mass is 10.2. The van der Waals surface area contributed by atoms with Crippen LogP contribution in [0.2, 0.25) is 0 Å². The third kappa shape index (κ3) is 2.64. The number of hydrogen-bond donors (Lipinski definition) is 2. The van der Waals surface area contributed by atoms with Crippen molar-refractivity contribution in [3.05, 3.63) is 0 Å². The van der Waals surface area contributed by atoms with E-state index in [1.54, 1.807) is 0 Å². The fourth-order valence-corrected chi connectivity index (χ4v) is 1.86. The van der Waals surface area contributed by atoms with Gasteiger partial charge in [-0.25, -0.2) is 0 Å². The molecule has 4 heteroatoms. The summed E-state index contributed by atoms with van der Waals surface area (Å²) in [5.74, 6) is 0. The Hall–Kier alpha value is -0.160. The fourth-order valence-electron chi connectivity index (χ4n) is 1.86. The highest BCUT2D eigenvalue weighted by Crippen LogP contribution is 2.14. The zero-order valence-corrected chi connectivity index (χ0v) is 8.48. The Labute approximate surface area is 79.8 Å². The Morgan fingerprint density at radius 2 is 2.08 bits per heavy atom. The van der Waals surface area contributed by atoms with E-state index in [2.05, 4.69) is 16.8 Å². The van der Waals surface area contributed by atoms with Crippen molar-refractivity contribution in [2.24, 2.45) is 0 Å². The van der Waals surface area contributed by atoms with Crippen LogP contribution in [0.3, 0.4) is 0 Å². The van der Waals surface area contributed by atoms with Crippen LogP contribution in [0.1, 0.15) is 6.42 Å². The summed E-state index contributed by atoms with van der Waals surface area (Å²) in [5.41, 5.74) is 0. The molecular weight excluding hydrogens is 168 g/mol. The van der Waals surface area contributed by atoms with Gasteiger partial charge in [0.05, 0.1) is 19.3 Å². The summed E-state index contributed by atoms with van der Waals surface area (Å²) >= 11 is 0. The monoisotopic (exact) mass is 188 g/mol. The first-order valence-corrected chi connectivity index (χ1v) is 4.81. The van der Waals surface area contributed by atoms with Gasteiger partial charge in [0, 0.05) is 12.6 Å². The van der Waals surface area contributed by atoms with Gasteiger partial charge in [-0.1, -0.05) is 0 Å². The number of aliphatic hydroxyl groups excluding tert-OH is 2. The van der Waals surface area contributed by atoms with Crippen molar-refractivity contribution in [2.75, 3.05) is 40.4 Å². The molecular formula is C9H20N2O2. The van der Waals surface area contributed by atoms with Crippen LogP contribution < -0.4 is 0 Å². The number of aliphatic hydroxyl groups is 2. The molecule has 0 saturated carbocycles. The minimum atomic E-state index is -0.100. The highest BCUT2D eigenvalue weighted by Gasteiger charge is 2.27. The maximum absolute atomic E-state index is 9.01. The zero-order valence-electron chi connectivity index (χ0n) is 8.48. The summed E-state index contributed by atoms with van der Waals surface area (Å²) in [6.45, 7) is 2.21. The molecule has 1 aliphatic rings. The molecule has 13 heavy (non-hydrogen) atoms. The van der Waals surface area contributed by atoms with Gasteiger partial charge in [-0.05, 0) is 27.1 Å². The molecule has 1 saturated heterocycles. The minimum Gasteiger partial charge on any atom is -0.395 e. The lowest BCUT2D eigenvalue weighted by Gasteiger charge is -2.30. The van der Waals surface area contributed by atoms with Crippen LogP contribution in [0.4, 0.5) is 0 Å². The van der Waals surface area contributed by atoms with Crippen molar-refractivity contribution in [2.45, 2.75) is 18.5 Å². The van der Waals surface area contributed by atoms with Crippen LogP contribution in [0, 0.1) is 0 Å². The third-order valence-corrected chi connectivity index (χ3v) is 2.94. The van der Waals surface area contributed by atoms with Gasteiger partial charge >= 0.3 is 0 Å². The first-order valence-electron chi connectivity index (χ1n) is 4.81. The summed E-state index contributed by atoms with van der Waals surface area (Å²) in [6, 6.07) is 0.380. The van der Waals surface area contributed by atoms with Gasteiger partial charge in [-0.3, -0.25) is 4.90 Å². The number of likely N-dealkylation sites (tertiary alicyclic amines) is 1. The molecule has 0 radical (unpaired) electrons. The van der Waals surface area contributed by atoms with Crippen LogP contribution in [0.15, 0.2) is 0 Å². The maximum Gasteiger partial charge on any atom is 0.0609 e. The lowest BCUT2D eigenvalue weighted by molar-refractivity contribution is 0.0662. The molecule has 1 aliphatic heterocycles. The molecule has 0 bridgehead atoms. The molecule has 2 N–H and O–H groups in total. The molecule has 1 fully saturated rings. The number of nitrogens with zero attached hydrogens (tertiary/aromatic N) is 2. The molecule has 4 nitrogen and oxygen atoms in total. The number of likely N-dealkylation sites (N-methyl/N-ethyl adjacent to an activating group) is 2. The quantitative estimate of drug-likeness (QED) is 0.592. The summed E-state index contributed by atoms with van der Waals surface area (Å²) in [5, 5.41) is 18.0. The van der Waals surface area contributed by atoms with Crippen molar-refractivity contribution in [1.29, 1.82) is 0 Å². The second-order valence-corrected chi connectivity index (χ2v) is 3.89. The molecule has 0 aliphatic carbocycles. The number of hydrogen-bond acceptors (Lipinski definition) is 4. The largest absolute Gasteiger partial charge is 0.395 e. The molecule has 0 spiro atoms. The summed E-state index contributed by atoms with van der Waals surface area (Å²) in [4.78, 5) is 4.36. The van der Waals surface area contributed by atoms with E-state index >= 15 is 0 Å². The summed E-state index contributed by atoms with van der Waals surface area (Å²) in [6.07, 6.45) is 1.13. The molecule has 0 aromatic rings. The third-order valence-electron chi connectivity index (χ3n) is 2.94. The standard InChI is InChI=1S/C9H20N2O2/c1-10-4-3-8(5-10)11(2)9(6-12)7-13/h8-9,12-13H,3-7H2,1-2H3. The first kappa shape index (κ1) is 10.9. The minimum absolute atomic E-state index is 0.0349. The van der Waals surface area contributed by atoms with E-state index < -0.39 is 0 Å². The molecule has 0 aromatic carbocycles. The SMILES string of the molecule is CN1CCC(N(C)C(CO)CO)C1. The van der Waals surface area contributed by atoms with Crippen LogP contribution in [-0.4, -0.2) is 72.5 Å². The van der Waals surface area contributed by atoms with Gasteiger partial charge in [-0.2, -0.15) is 0 Å². The average molecular weight is 188 g/mol. The van der Waals surface area contributed by atoms with Gasteiger partial charge in [0.1, 0.15) is 0 Å². The molecule has 1 atom stereocenters. The Balaban J connectivity index is 2.41. The second kappa shape index (κ2) is 4.91. The van der Waals surface area contributed by atoms with E-state index in [1.165, 1.54) is 0 Å². The summed E-state index contributed by atoms with van der Waals surface area (Å²) < 4.78 is 0. The van der Waals surface area contributed by atoms with Crippen molar-refractivity contribution in [3.63, 3.8) is 0 Å². The van der Waals surface area contributed by atoms with E-state index in [1.807, 2.05) is 7.05 Å². The van der Waals surface area contributed by atoms with Crippen LogP contribution in [0.25, 0.3) is 0 Å². The van der Waals surface area contributed by atoms with Crippen molar-refractivity contribution < 1.29 is 10.2 Å². The highest BCUT2D eigenvalue weighted by molar-refractivity contribution is 4.83. The van der Waals surface area contributed by atoms with Gasteiger partial charge in [0.15, 0.2) is 0 Å². The molecule has 1 unspecified atom stereocenters. The zero-order chi connectivity index (χ0) is 9.84. The predicted octanol–water partition coefficient (Wildman–Crippen LogP) is -1.02. The fraction of sp³-hybridized carbons (Fsp3) is 1.00. The Morgan fingerprint density at radius 1 is 1.46 bits per heavy atom. The topological polar surface area (TPSA) is 46.9 Å². The molecule has 1 heterocycles. The summed E-state index contributed by atoms with van der Waals surface area (Å²) in [7, 11) is 4.07. The molecule has 0 amide bonds. The van der Waals surface area contributed by atoms with E-state index in [4.69, 9.17) is 10.2 Å². The van der Waals surface area contributed by atoms with E-state index in [0.717, 1.165) is 19.5 Å². The van der Waals surface area contributed by atoms with E-state index in [-0.39, 0.29) is 19.3 Å². The average Bonchev–Trinajstić information content (AvgIpc) is 2.54. The van der Waals surface area contributed by atoms with Gasteiger partial charge < -0.3 is 15.1 Å². The molecule has 0 aromatic heterocycles. The van der Waals surface area contributed by atoms with Crippen molar-refractivity contribution >= 4 is 0 Å². The van der Waals surface area contributed by atoms with Crippen molar-refractivity contribution in [3.8, 4) is 0 Å².